The van der Waals surface area contributed by atoms with Gasteiger partial charge in [-0.15, -0.1) is 5.28 Å². The lowest BCUT2D eigenvalue weighted by atomic mass is 9.69. The van der Waals surface area contributed by atoms with Crippen molar-refractivity contribution in [3.63, 3.8) is 0 Å². The molecule has 128 valence electrons. The van der Waals surface area contributed by atoms with E-state index in [2.05, 4.69) is 48.5 Å². The highest BCUT2D eigenvalue weighted by Crippen LogP contribution is 2.56. The van der Waals surface area contributed by atoms with E-state index >= 15 is 0 Å². The molecule has 0 aromatic rings. The largest absolute Gasteiger partial charge is 0.211 e. The monoisotopic (exact) mass is 336 g/mol. The van der Waals surface area contributed by atoms with Crippen LogP contribution >= 0.6 is 0 Å². The third-order valence-electron chi connectivity index (χ3n) is 5.44. The summed E-state index contributed by atoms with van der Waals surface area (Å²) in [5.74, 6) is 0.879. The Morgan fingerprint density at radius 3 is 1.55 bits per heavy atom. The molecule has 0 saturated carbocycles. The molecular formula is C20H42Al2. The molecule has 4 radical (unpaired) electrons. The minimum Gasteiger partial charge on any atom is -0.101 e. The lowest BCUT2D eigenvalue weighted by Gasteiger charge is -2.49. The van der Waals surface area contributed by atoms with Crippen LogP contribution in [0.2, 0.25) is 9.56 Å². The van der Waals surface area contributed by atoms with Gasteiger partial charge in [0, 0.05) is 17.4 Å². The molecule has 0 amide bonds. The van der Waals surface area contributed by atoms with Gasteiger partial charge in [0.05, 0.1) is 0 Å². The second-order valence-corrected chi connectivity index (χ2v) is 10.2. The summed E-state index contributed by atoms with van der Waals surface area (Å²) < 4.78 is 0.665. The molecule has 0 rings (SSSR count). The van der Waals surface area contributed by atoms with Gasteiger partial charge >= 0.3 is 0 Å². The summed E-state index contributed by atoms with van der Waals surface area (Å²) in [7, 11) is 0. The summed E-state index contributed by atoms with van der Waals surface area (Å²) in [5, 5.41) is 1.49. The van der Waals surface area contributed by atoms with E-state index in [1.54, 1.807) is 0 Å². The van der Waals surface area contributed by atoms with E-state index in [-0.39, 0.29) is 17.4 Å². The minimum absolute atomic E-state index is 0. The topological polar surface area (TPSA) is 0 Å². The van der Waals surface area contributed by atoms with Crippen LogP contribution in [0.1, 0.15) is 106 Å². The molecule has 0 bridgehead atoms. The van der Waals surface area contributed by atoms with Crippen molar-refractivity contribution in [3.8, 4) is 0 Å². The lowest BCUT2D eigenvalue weighted by Crippen LogP contribution is -2.37. The Bertz CT molecular complexity index is 238. The van der Waals surface area contributed by atoms with Crippen LogP contribution in [0.15, 0.2) is 0 Å². The number of rotatable bonds is 13. The molecule has 0 spiro atoms. The predicted molar refractivity (Wildman–Crippen MR) is 106 cm³/mol. The first-order valence-corrected chi connectivity index (χ1v) is 11.1. The summed E-state index contributed by atoms with van der Waals surface area (Å²) >= 11 is 0.577. The predicted octanol–water partition coefficient (Wildman–Crippen LogP) is 7.14. The molecule has 0 heterocycles. The first-order valence-electron chi connectivity index (χ1n) is 9.69. The quantitative estimate of drug-likeness (QED) is 0.313. The zero-order valence-corrected chi connectivity index (χ0v) is 19.1. The van der Waals surface area contributed by atoms with Gasteiger partial charge < -0.3 is 0 Å². The van der Waals surface area contributed by atoms with Gasteiger partial charge in [0.15, 0.2) is 0 Å². The van der Waals surface area contributed by atoms with Gasteiger partial charge in [-0.3, -0.25) is 0 Å². The fourth-order valence-corrected chi connectivity index (χ4v) is 6.03. The van der Waals surface area contributed by atoms with E-state index in [0.717, 1.165) is 5.92 Å². The van der Waals surface area contributed by atoms with Gasteiger partial charge in [0.25, 0.3) is 0 Å². The molecule has 0 fully saturated rings. The van der Waals surface area contributed by atoms with Crippen LogP contribution in [0.5, 0.6) is 0 Å². The molecule has 2 heteroatoms. The highest BCUT2D eigenvalue weighted by atomic mass is 27.1. The Morgan fingerprint density at radius 2 is 1.18 bits per heavy atom. The van der Waals surface area contributed by atoms with E-state index < -0.39 is 0 Å². The van der Waals surface area contributed by atoms with Gasteiger partial charge in [-0.25, -0.2) is 0 Å². The molecule has 0 atom stereocenters. The average Bonchev–Trinajstić information content (AvgIpc) is 2.44. The standard InChI is InChI=1S/C16H33.C4H9.2Al/c1-6-9-12-15(13-10-7-2)16(4,5)14-11-8-3;1-4(2)3;;/h6-14H2,1-5H3;4H,1H2,2-3H3;;. The molecule has 0 saturated heterocycles. The van der Waals surface area contributed by atoms with Crippen molar-refractivity contribution in [1.82, 2.24) is 0 Å². The fourth-order valence-electron chi connectivity index (χ4n) is 3.60. The van der Waals surface area contributed by atoms with Gasteiger partial charge in [0.1, 0.15) is 0 Å². The highest BCUT2D eigenvalue weighted by molar-refractivity contribution is 6.40. The molecule has 0 unspecified atom stereocenters. The normalized spacial score (nSPS) is 12.4. The number of unbranched alkanes of at least 4 members (excludes halogenated alkanes) is 3. The Morgan fingerprint density at radius 1 is 0.773 bits per heavy atom. The summed E-state index contributed by atoms with van der Waals surface area (Å²) in [6, 6.07) is 0. The van der Waals surface area contributed by atoms with Crippen molar-refractivity contribution in [2.45, 2.75) is 116 Å². The zero-order valence-electron chi connectivity index (χ0n) is 16.8. The van der Waals surface area contributed by atoms with Crippen LogP contribution in [0, 0.1) is 11.3 Å². The molecule has 0 aromatic carbocycles. The van der Waals surface area contributed by atoms with Gasteiger partial charge in [0.2, 0.25) is 15.2 Å². The molecule has 0 aliphatic rings. The maximum Gasteiger partial charge on any atom is 0.211 e. The van der Waals surface area contributed by atoms with Crippen LogP contribution in [-0.4, -0.2) is 32.6 Å². The van der Waals surface area contributed by atoms with E-state index in [0.29, 0.717) is 24.9 Å². The minimum atomic E-state index is 0. The van der Waals surface area contributed by atoms with E-state index in [1.165, 1.54) is 63.1 Å². The third-order valence-corrected chi connectivity index (χ3v) is 8.75. The Balaban J connectivity index is 0. The molecule has 0 aromatic heterocycles. The maximum absolute atomic E-state index is 2.60. The Kier molecular flexibility index (Phi) is 15.4. The molecule has 0 aliphatic heterocycles. The molecule has 0 N–H and O–H groups in total. The van der Waals surface area contributed by atoms with Crippen molar-refractivity contribution >= 4 is 32.6 Å². The third kappa shape index (κ3) is 8.79. The van der Waals surface area contributed by atoms with Crippen molar-refractivity contribution in [1.29, 1.82) is 0 Å². The SMILES string of the molecule is CCCCC(C)(C)[C](CCCC)(CCCC)[Al][CH2]C(C)C.[Al]. The first-order chi connectivity index (χ1) is 9.85. The van der Waals surface area contributed by atoms with Crippen LogP contribution in [0.3, 0.4) is 0 Å². The van der Waals surface area contributed by atoms with Crippen molar-refractivity contribution in [2.75, 3.05) is 0 Å². The van der Waals surface area contributed by atoms with Crippen molar-refractivity contribution < 1.29 is 0 Å². The Labute approximate surface area is 159 Å². The fraction of sp³-hybridized carbons (Fsp3) is 1.00. The van der Waals surface area contributed by atoms with Gasteiger partial charge in [-0.05, 0) is 11.8 Å². The van der Waals surface area contributed by atoms with E-state index in [9.17, 15) is 0 Å². The van der Waals surface area contributed by atoms with Gasteiger partial charge in [-0.1, -0.05) is 110 Å². The second-order valence-electron chi connectivity index (χ2n) is 8.18. The van der Waals surface area contributed by atoms with Crippen LogP contribution in [-0.2, 0) is 0 Å². The molecular weight excluding hydrogens is 294 g/mol. The number of hydrogen-bond acceptors (Lipinski definition) is 0. The van der Waals surface area contributed by atoms with Crippen LogP contribution < -0.4 is 0 Å². The first kappa shape index (κ1) is 25.3. The smallest absolute Gasteiger partial charge is 0.101 e. The Hall–Kier alpha value is 1.06. The average molecular weight is 337 g/mol. The van der Waals surface area contributed by atoms with E-state index in [4.69, 9.17) is 0 Å². The molecule has 0 nitrogen and oxygen atoms in total. The van der Waals surface area contributed by atoms with Crippen molar-refractivity contribution in [2.24, 2.45) is 11.3 Å². The molecule has 0 aliphatic carbocycles. The highest BCUT2D eigenvalue weighted by Gasteiger charge is 2.42. The molecule has 22 heavy (non-hydrogen) atoms. The summed E-state index contributed by atoms with van der Waals surface area (Å²) in [6.07, 6.45) is 12.8. The summed E-state index contributed by atoms with van der Waals surface area (Å²) in [6.45, 7) is 17.1. The second kappa shape index (κ2) is 13.4. The van der Waals surface area contributed by atoms with Crippen molar-refractivity contribution in [3.05, 3.63) is 0 Å². The van der Waals surface area contributed by atoms with Crippen LogP contribution in [0.25, 0.3) is 0 Å². The summed E-state index contributed by atoms with van der Waals surface area (Å²) in [5.41, 5.74) is 0.539. The van der Waals surface area contributed by atoms with Crippen LogP contribution in [0.4, 0.5) is 0 Å². The number of hydrogen-bond donors (Lipinski definition) is 0. The summed E-state index contributed by atoms with van der Waals surface area (Å²) in [4.78, 5) is 0. The van der Waals surface area contributed by atoms with E-state index in [1.807, 2.05) is 0 Å². The zero-order chi connectivity index (χ0) is 16.4. The van der Waals surface area contributed by atoms with Gasteiger partial charge in [-0.2, -0.15) is 0 Å². The lowest BCUT2D eigenvalue weighted by molar-refractivity contribution is 0.175. The maximum atomic E-state index is 2.60.